The smallest absolute Gasteiger partial charge is 0.128 e. The molecule has 0 amide bonds. The summed E-state index contributed by atoms with van der Waals surface area (Å²) in [4.78, 5) is 6.56. The molecule has 13 heavy (non-hydrogen) atoms. The second-order valence-electron chi connectivity index (χ2n) is 3.06. The molecule has 1 rings (SSSR count). The molecule has 1 heterocycles. The summed E-state index contributed by atoms with van der Waals surface area (Å²) >= 11 is 5.74. The number of hydrogen-bond acceptors (Lipinski definition) is 2. The van der Waals surface area contributed by atoms with E-state index in [0.29, 0.717) is 5.88 Å². The van der Waals surface area contributed by atoms with Crippen molar-refractivity contribution in [3.05, 3.63) is 23.4 Å². The Bertz CT molecular complexity index is 286. The molecule has 2 nitrogen and oxygen atoms in total. The molecule has 3 heteroatoms. The van der Waals surface area contributed by atoms with Crippen LogP contribution in [0.2, 0.25) is 0 Å². The van der Waals surface area contributed by atoms with E-state index in [1.54, 1.807) is 0 Å². The summed E-state index contributed by atoms with van der Waals surface area (Å²) in [5.74, 6) is 1.54. The highest BCUT2D eigenvalue weighted by Crippen LogP contribution is 2.14. The second-order valence-corrected chi connectivity index (χ2v) is 3.33. The van der Waals surface area contributed by atoms with Gasteiger partial charge in [0, 0.05) is 25.2 Å². The maximum Gasteiger partial charge on any atom is 0.128 e. The van der Waals surface area contributed by atoms with Crippen molar-refractivity contribution in [1.29, 1.82) is 0 Å². The molecule has 0 saturated heterocycles. The maximum atomic E-state index is 5.74. The summed E-state index contributed by atoms with van der Waals surface area (Å²) in [5, 5.41) is 0. The lowest BCUT2D eigenvalue weighted by molar-refractivity contribution is 0.926. The summed E-state index contributed by atoms with van der Waals surface area (Å²) in [6.45, 7) is 5.06. The molecule has 0 unspecified atom stereocenters. The predicted molar refractivity (Wildman–Crippen MR) is 57.5 cm³/mol. The van der Waals surface area contributed by atoms with Gasteiger partial charge in [-0.15, -0.1) is 11.6 Å². The lowest BCUT2D eigenvalue weighted by atomic mass is 10.2. The molecule has 0 bridgehead atoms. The molecule has 0 spiro atoms. The number of alkyl halides is 1. The highest BCUT2D eigenvalue weighted by molar-refractivity contribution is 6.17. The zero-order chi connectivity index (χ0) is 9.84. The first-order valence-corrected chi connectivity index (χ1v) is 4.96. The summed E-state index contributed by atoms with van der Waals surface area (Å²) in [6, 6.07) is 4.05. The number of nitrogens with zero attached hydrogens (tertiary/aromatic N) is 2. The van der Waals surface area contributed by atoms with Crippen molar-refractivity contribution in [1.82, 2.24) is 4.98 Å². The highest BCUT2D eigenvalue weighted by Gasteiger charge is 2.02. The van der Waals surface area contributed by atoms with Crippen LogP contribution in [0.25, 0.3) is 0 Å². The molecule has 0 aliphatic carbocycles. The van der Waals surface area contributed by atoms with Crippen LogP contribution in [-0.4, -0.2) is 18.6 Å². The molecule has 1 aromatic rings. The monoisotopic (exact) mass is 198 g/mol. The minimum atomic E-state index is 0.537. The van der Waals surface area contributed by atoms with E-state index in [-0.39, 0.29) is 0 Å². The number of rotatable bonds is 3. The molecular formula is C10H15ClN2. The molecule has 0 atom stereocenters. The number of pyridine rings is 1. The molecule has 0 fully saturated rings. The fourth-order valence-electron chi connectivity index (χ4n) is 1.09. The zero-order valence-electron chi connectivity index (χ0n) is 8.34. The fraction of sp³-hybridized carbons (Fsp3) is 0.500. The van der Waals surface area contributed by atoms with Crippen LogP contribution in [0.15, 0.2) is 12.1 Å². The Morgan fingerprint density at radius 1 is 1.46 bits per heavy atom. The lowest BCUT2D eigenvalue weighted by Gasteiger charge is -2.16. The minimum Gasteiger partial charge on any atom is -0.360 e. The Balaban J connectivity index is 2.95. The zero-order valence-corrected chi connectivity index (χ0v) is 9.10. The van der Waals surface area contributed by atoms with Crippen molar-refractivity contribution < 1.29 is 0 Å². The van der Waals surface area contributed by atoms with Crippen LogP contribution >= 0.6 is 11.6 Å². The van der Waals surface area contributed by atoms with Gasteiger partial charge in [-0.2, -0.15) is 0 Å². The van der Waals surface area contributed by atoms with Crippen LogP contribution in [0.5, 0.6) is 0 Å². The third kappa shape index (κ3) is 2.34. The number of hydrogen-bond donors (Lipinski definition) is 0. The Hall–Kier alpha value is -0.760. The van der Waals surface area contributed by atoms with E-state index < -0.39 is 0 Å². The van der Waals surface area contributed by atoms with Crippen molar-refractivity contribution >= 4 is 17.4 Å². The first-order chi connectivity index (χ1) is 6.19. The molecule has 0 aliphatic heterocycles. The Kier molecular flexibility index (Phi) is 3.55. The summed E-state index contributed by atoms with van der Waals surface area (Å²) in [6.07, 6.45) is 0. The van der Waals surface area contributed by atoms with Crippen LogP contribution in [-0.2, 0) is 5.88 Å². The third-order valence-electron chi connectivity index (χ3n) is 2.19. The minimum absolute atomic E-state index is 0.537. The van der Waals surface area contributed by atoms with Crippen molar-refractivity contribution in [2.45, 2.75) is 19.7 Å². The maximum absolute atomic E-state index is 5.74. The van der Waals surface area contributed by atoms with Gasteiger partial charge in [-0.05, 0) is 25.5 Å². The fourth-order valence-corrected chi connectivity index (χ4v) is 1.37. The van der Waals surface area contributed by atoms with Gasteiger partial charge in [0.25, 0.3) is 0 Å². The van der Waals surface area contributed by atoms with E-state index >= 15 is 0 Å². The van der Waals surface area contributed by atoms with Crippen LogP contribution in [0.3, 0.4) is 0 Å². The average Bonchev–Trinajstić information content (AvgIpc) is 2.16. The molecule has 0 saturated carbocycles. The van der Waals surface area contributed by atoms with Crippen molar-refractivity contribution in [3.63, 3.8) is 0 Å². The first-order valence-electron chi connectivity index (χ1n) is 4.42. The third-order valence-corrected chi connectivity index (χ3v) is 2.48. The summed E-state index contributed by atoms with van der Waals surface area (Å²) < 4.78 is 0. The highest BCUT2D eigenvalue weighted by atomic mass is 35.5. The normalized spacial score (nSPS) is 10.2. The molecule has 72 valence electrons. The van der Waals surface area contributed by atoms with Crippen LogP contribution in [0.1, 0.15) is 18.2 Å². The van der Waals surface area contributed by atoms with Crippen LogP contribution < -0.4 is 4.90 Å². The molecule has 0 aromatic carbocycles. The summed E-state index contributed by atoms with van der Waals surface area (Å²) in [5.41, 5.74) is 2.13. The van der Waals surface area contributed by atoms with E-state index in [2.05, 4.69) is 16.8 Å². The Morgan fingerprint density at radius 3 is 2.62 bits per heavy atom. The number of anilines is 1. The predicted octanol–water partition coefficient (Wildman–Crippen LogP) is 2.58. The van der Waals surface area contributed by atoms with Crippen molar-refractivity contribution in [3.8, 4) is 0 Å². The van der Waals surface area contributed by atoms with Gasteiger partial charge in [0.2, 0.25) is 0 Å². The summed E-state index contributed by atoms with van der Waals surface area (Å²) in [7, 11) is 2.03. The molecule has 0 N–H and O–H groups in total. The standard InChI is InChI=1S/C10H15ClN2/c1-4-13(3)10-6-5-9(7-11)8(2)12-10/h5-6H,4,7H2,1-3H3. The second kappa shape index (κ2) is 4.47. The van der Waals surface area contributed by atoms with E-state index in [1.807, 2.05) is 26.1 Å². The van der Waals surface area contributed by atoms with Gasteiger partial charge < -0.3 is 4.90 Å². The quantitative estimate of drug-likeness (QED) is 0.695. The van der Waals surface area contributed by atoms with E-state index in [9.17, 15) is 0 Å². The molecule has 1 aromatic heterocycles. The van der Waals surface area contributed by atoms with Crippen LogP contribution in [0.4, 0.5) is 5.82 Å². The average molecular weight is 199 g/mol. The van der Waals surface area contributed by atoms with Gasteiger partial charge in [-0.3, -0.25) is 0 Å². The van der Waals surface area contributed by atoms with Gasteiger partial charge in [0.05, 0.1) is 0 Å². The van der Waals surface area contributed by atoms with Gasteiger partial charge >= 0.3 is 0 Å². The van der Waals surface area contributed by atoms with Crippen molar-refractivity contribution in [2.75, 3.05) is 18.5 Å². The largest absolute Gasteiger partial charge is 0.360 e. The lowest BCUT2D eigenvalue weighted by Crippen LogP contribution is -2.17. The van der Waals surface area contributed by atoms with Crippen molar-refractivity contribution in [2.24, 2.45) is 0 Å². The molecule has 0 aliphatic rings. The van der Waals surface area contributed by atoms with Gasteiger partial charge in [0.1, 0.15) is 5.82 Å². The first kappa shape index (κ1) is 10.3. The SMILES string of the molecule is CCN(C)c1ccc(CCl)c(C)n1. The van der Waals surface area contributed by atoms with Gasteiger partial charge in [0.15, 0.2) is 0 Å². The van der Waals surface area contributed by atoms with E-state index in [0.717, 1.165) is 23.6 Å². The molecular weight excluding hydrogens is 184 g/mol. The van der Waals surface area contributed by atoms with Gasteiger partial charge in [-0.25, -0.2) is 4.98 Å². The van der Waals surface area contributed by atoms with Gasteiger partial charge in [-0.1, -0.05) is 6.07 Å². The topological polar surface area (TPSA) is 16.1 Å². The number of aromatic nitrogens is 1. The number of halogens is 1. The number of aryl methyl sites for hydroxylation is 1. The van der Waals surface area contributed by atoms with E-state index in [4.69, 9.17) is 11.6 Å². The molecule has 0 radical (unpaired) electrons. The van der Waals surface area contributed by atoms with E-state index in [1.165, 1.54) is 0 Å². The Morgan fingerprint density at radius 2 is 2.15 bits per heavy atom. The van der Waals surface area contributed by atoms with Crippen LogP contribution in [0, 0.1) is 6.92 Å². The Labute approximate surface area is 84.5 Å².